The van der Waals surface area contributed by atoms with Gasteiger partial charge in [0.15, 0.2) is 0 Å². The number of nitrogens with one attached hydrogen (secondary N) is 1. The molecule has 0 saturated carbocycles. The molecule has 0 fully saturated rings. The molecule has 1 radical (unpaired) electrons. The molecule has 0 atom stereocenters. The van der Waals surface area contributed by atoms with E-state index >= 15 is 0 Å². The molecule has 71 valence electrons. The lowest BCUT2D eigenvalue weighted by Crippen LogP contribution is -1.91. The van der Waals surface area contributed by atoms with Crippen LogP contribution in [-0.4, -0.2) is 12.0 Å². The molecule has 3 nitrogen and oxygen atoms in total. The highest BCUT2D eigenvalue weighted by Crippen LogP contribution is 2.20. The molecular formula is C11H11N2O. The Morgan fingerprint density at radius 2 is 2.07 bits per heavy atom. The quantitative estimate of drug-likeness (QED) is 0.784. The first kappa shape index (κ1) is 8.81. The maximum Gasteiger partial charge on any atom is 0.126 e. The van der Waals surface area contributed by atoms with E-state index in [4.69, 9.17) is 4.74 Å². The molecule has 2 rings (SSSR count). The Morgan fingerprint density at radius 1 is 1.29 bits per heavy atom. The number of hydrogen-bond acceptors (Lipinski definition) is 3. The monoisotopic (exact) mass is 187 g/mol. The van der Waals surface area contributed by atoms with E-state index in [2.05, 4.69) is 17.4 Å². The molecule has 0 unspecified atom stereocenters. The Labute approximate surface area is 82.7 Å². The van der Waals surface area contributed by atoms with Gasteiger partial charge >= 0.3 is 0 Å². The fourth-order valence-electron chi connectivity index (χ4n) is 1.33. The Bertz CT molecular complexity index is 415. The molecular weight excluding hydrogens is 176 g/mol. The van der Waals surface area contributed by atoms with Gasteiger partial charge in [-0.3, -0.25) is 0 Å². The van der Waals surface area contributed by atoms with E-state index in [0.717, 1.165) is 22.5 Å². The van der Waals surface area contributed by atoms with Crippen LogP contribution in [0.4, 0.5) is 5.82 Å². The van der Waals surface area contributed by atoms with E-state index in [9.17, 15) is 0 Å². The first-order chi connectivity index (χ1) is 6.83. The van der Waals surface area contributed by atoms with Gasteiger partial charge in [0.1, 0.15) is 18.7 Å². The summed E-state index contributed by atoms with van der Waals surface area (Å²) in [5.41, 5.74) is 0.901. The number of anilines is 1. The van der Waals surface area contributed by atoms with E-state index < -0.39 is 0 Å². The standard InChI is InChI=1S/C11H11N2O/c1-12-11-6-4-8-3-5-9(14-2)7-10(8)13-11/h3-7H,2H2,1H3,(H,12,13). The minimum atomic E-state index is 0.721. The van der Waals surface area contributed by atoms with Gasteiger partial charge in [0.05, 0.1) is 5.52 Å². The lowest BCUT2D eigenvalue weighted by molar-refractivity contribution is 0.473. The summed E-state index contributed by atoms with van der Waals surface area (Å²) < 4.78 is 4.89. The van der Waals surface area contributed by atoms with Crippen LogP contribution in [0.15, 0.2) is 30.3 Å². The van der Waals surface area contributed by atoms with Gasteiger partial charge in [0.2, 0.25) is 0 Å². The minimum Gasteiger partial charge on any atom is -0.490 e. The Hall–Kier alpha value is -1.77. The molecule has 3 heteroatoms. The summed E-state index contributed by atoms with van der Waals surface area (Å²) in [6, 6.07) is 9.65. The Balaban J connectivity index is 2.60. The fourth-order valence-corrected chi connectivity index (χ4v) is 1.33. The largest absolute Gasteiger partial charge is 0.490 e. The third-order valence-electron chi connectivity index (χ3n) is 2.09. The lowest BCUT2D eigenvalue weighted by atomic mass is 10.2. The molecule has 2 aromatic rings. The summed E-state index contributed by atoms with van der Waals surface area (Å²) in [5.74, 6) is 1.57. The van der Waals surface area contributed by atoms with Crippen molar-refractivity contribution >= 4 is 16.7 Å². The smallest absolute Gasteiger partial charge is 0.126 e. The van der Waals surface area contributed by atoms with Crippen molar-refractivity contribution in [1.82, 2.24) is 4.98 Å². The lowest BCUT2D eigenvalue weighted by Gasteiger charge is -2.03. The number of rotatable bonds is 2. The number of fused-ring (bicyclic) bond motifs is 1. The van der Waals surface area contributed by atoms with Gasteiger partial charge in [0, 0.05) is 18.5 Å². The van der Waals surface area contributed by atoms with Crippen LogP contribution in [0.5, 0.6) is 5.75 Å². The highest BCUT2D eigenvalue weighted by atomic mass is 16.5. The van der Waals surface area contributed by atoms with Gasteiger partial charge < -0.3 is 10.1 Å². The zero-order valence-electron chi connectivity index (χ0n) is 7.95. The molecule has 0 saturated heterocycles. The van der Waals surface area contributed by atoms with Gasteiger partial charge in [-0.15, -0.1) is 0 Å². The molecule has 1 heterocycles. The maximum absolute atomic E-state index is 4.89. The third kappa shape index (κ3) is 1.48. The fraction of sp³-hybridized carbons (Fsp3) is 0.0909. The topological polar surface area (TPSA) is 34.1 Å². The number of benzene rings is 1. The second-order valence-electron chi connectivity index (χ2n) is 2.95. The van der Waals surface area contributed by atoms with Crippen LogP contribution in [0.3, 0.4) is 0 Å². The average molecular weight is 187 g/mol. The van der Waals surface area contributed by atoms with Crippen LogP contribution in [0.1, 0.15) is 0 Å². The second-order valence-corrected chi connectivity index (χ2v) is 2.95. The van der Waals surface area contributed by atoms with Crippen molar-refractivity contribution in [2.75, 3.05) is 12.4 Å². The molecule has 0 aliphatic heterocycles. The first-order valence-corrected chi connectivity index (χ1v) is 4.34. The molecule has 1 N–H and O–H groups in total. The van der Waals surface area contributed by atoms with E-state index in [0.29, 0.717) is 0 Å². The highest BCUT2D eigenvalue weighted by molar-refractivity contribution is 5.81. The average Bonchev–Trinajstić information content (AvgIpc) is 2.27. The second kappa shape index (κ2) is 3.54. The van der Waals surface area contributed by atoms with E-state index in [1.165, 1.54) is 0 Å². The van der Waals surface area contributed by atoms with Gasteiger partial charge in [-0.25, -0.2) is 4.98 Å². The number of pyridine rings is 1. The number of hydrogen-bond donors (Lipinski definition) is 1. The van der Waals surface area contributed by atoms with Crippen LogP contribution in [0.25, 0.3) is 10.9 Å². The third-order valence-corrected chi connectivity index (χ3v) is 2.09. The minimum absolute atomic E-state index is 0.721. The molecule has 14 heavy (non-hydrogen) atoms. The summed E-state index contributed by atoms with van der Waals surface area (Å²) in [6.07, 6.45) is 0. The Kier molecular flexibility index (Phi) is 2.23. The zero-order chi connectivity index (χ0) is 9.97. The van der Waals surface area contributed by atoms with Gasteiger partial charge in [0.25, 0.3) is 0 Å². The molecule has 1 aromatic heterocycles. The first-order valence-electron chi connectivity index (χ1n) is 4.34. The van der Waals surface area contributed by atoms with Gasteiger partial charge in [-0.1, -0.05) is 0 Å². The summed E-state index contributed by atoms with van der Waals surface area (Å²) in [7, 11) is 5.21. The van der Waals surface area contributed by atoms with Crippen molar-refractivity contribution in [1.29, 1.82) is 0 Å². The number of ether oxygens (including phenoxy) is 1. The van der Waals surface area contributed by atoms with Gasteiger partial charge in [-0.2, -0.15) is 0 Å². The molecule has 0 aliphatic rings. The number of aromatic nitrogens is 1. The van der Waals surface area contributed by atoms with Crippen molar-refractivity contribution in [2.24, 2.45) is 0 Å². The summed E-state index contributed by atoms with van der Waals surface area (Å²) in [4.78, 5) is 4.38. The van der Waals surface area contributed by atoms with Crippen molar-refractivity contribution in [3.8, 4) is 5.75 Å². The molecule has 0 aliphatic carbocycles. The van der Waals surface area contributed by atoms with E-state index in [1.807, 2.05) is 37.4 Å². The predicted octanol–water partition coefficient (Wildman–Crippen LogP) is 2.45. The molecule has 0 bridgehead atoms. The van der Waals surface area contributed by atoms with Crippen molar-refractivity contribution in [2.45, 2.75) is 0 Å². The summed E-state index contributed by atoms with van der Waals surface area (Å²) in [5, 5.41) is 4.08. The van der Waals surface area contributed by atoms with Crippen LogP contribution in [-0.2, 0) is 0 Å². The SMILES string of the molecule is [CH2]Oc1ccc2ccc(NC)nc2c1. The molecule has 1 aromatic carbocycles. The zero-order valence-corrected chi connectivity index (χ0v) is 7.95. The summed E-state index contributed by atoms with van der Waals surface area (Å²) in [6.45, 7) is 0. The van der Waals surface area contributed by atoms with E-state index in [-0.39, 0.29) is 0 Å². The van der Waals surface area contributed by atoms with Crippen LogP contribution in [0, 0.1) is 7.11 Å². The predicted molar refractivity (Wildman–Crippen MR) is 57.3 cm³/mol. The van der Waals surface area contributed by atoms with Gasteiger partial charge in [-0.05, 0) is 24.3 Å². The van der Waals surface area contributed by atoms with Crippen molar-refractivity contribution < 1.29 is 4.74 Å². The van der Waals surface area contributed by atoms with Crippen LogP contribution >= 0.6 is 0 Å². The van der Waals surface area contributed by atoms with Crippen LogP contribution < -0.4 is 10.1 Å². The van der Waals surface area contributed by atoms with Crippen LogP contribution in [0.2, 0.25) is 0 Å². The normalized spacial score (nSPS) is 10.1. The Morgan fingerprint density at radius 3 is 2.79 bits per heavy atom. The molecule has 0 spiro atoms. The maximum atomic E-state index is 4.89. The summed E-state index contributed by atoms with van der Waals surface area (Å²) >= 11 is 0. The molecule has 0 amide bonds. The number of nitrogens with zero attached hydrogens (tertiary/aromatic N) is 1. The van der Waals surface area contributed by atoms with E-state index in [1.54, 1.807) is 0 Å². The van der Waals surface area contributed by atoms with Crippen molar-refractivity contribution in [3.05, 3.63) is 37.4 Å². The highest BCUT2D eigenvalue weighted by Gasteiger charge is 1.98. The van der Waals surface area contributed by atoms with Crippen molar-refractivity contribution in [3.63, 3.8) is 0 Å².